The van der Waals surface area contributed by atoms with Crippen LogP contribution in [0.25, 0.3) is 0 Å². The molecule has 0 bridgehead atoms. The molecule has 3 nitrogen and oxygen atoms in total. The molecule has 1 aliphatic heterocycles. The van der Waals surface area contributed by atoms with E-state index in [2.05, 4.69) is 0 Å². The van der Waals surface area contributed by atoms with E-state index in [9.17, 15) is 5.11 Å². The van der Waals surface area contributed by atoms with Gasteiger partial charge < -0.3 is 14.9 Å². The molecule has 0 saturated heterocycles. The van der Waals surface area contributed by atoms with E-state index < -0.39 is 0 Å². The highest BCUT2D eigenvalue weighted by Crippen LogP contribution is 2.33. The molecule has 13 heavy (non-hydrogen) atoms. The molecule has 1 atom stereocenters. The van der Waals surface area contributed by atoms with Crippen LogP contribution in [0.3, 0.4) is 0 Å². The zero-order valence-electron chi connectivity index (χ0n) is 7.23. The zero-order chi connectivity index (χ0) is 9.26. The van der Waals surface area contributed by atoms with Gasteiger partial charge in [0, 0.05) is 18.1 Å². The van der Waals surface area contributed by atoms with Crippen molar-refractivity contribution in [1.29, 1.82) is 0 Å². The van der Waals surface area contributed by atoms with Crippen LogP contribution in [0.5, 0.6) is 11.5 Å². The summed E-state index contributed by atoms with van der Waals surface area (Å²) in [4.78, 5) is 0. The number of phenolic OH excluding ortho intramolecular Hbond substituents is 1. The molecule has 0 radical (unpaired) electrons. The van der Waals surface area contributed by atoms with E-state index in [1.54, 1.807) is 12.1 Å². The summed E-state index contributed by atoms with van der Waals surface area (Å²) in [7, 11) is 0. The number of benzene rings is 1. The van der Waals surface area contributed by atoms with E-state index in [4.69, 9.17) is 9.84 Å². The van der Waals surface area contributed by atoms with Gasteiger partial charge in [-0.15, -0.1) is 0 Å². The number of ether oxygens (including phenoxy) is 1. The van der Waals surface area contributed by atoms with Gasteiger partial charge in [0.15, 0.2) is 0 Å². The third-order valence-corrected chi connectivity index (χ3v) is 2.33. The maximum atomic E-state index is 9.51. The van der Waals surface area contributed by atoms with Crippen LogP contribution in [-0.4, -0.2) is 23.4 Å². The maximum Gasteiger partial charge on any atom is 0.126 e. The van der Waals surface area contributed by atoms with Gasteiger partial charge in [0.1, 0.15) is 11.5 Å². The van der Waals surface area contributed by atoms with Crippen molar-refractivity contribution in [2.45, 2.75) is 6.42 Å². The minimum absolute atomic E-state index is 0.105. The van der Waals surface area contributed by atoms with E-state index in [1.165, 1.54) is 0 Å². The Morgan fingerprint density at radius 3 is 3.08 bits per heavy atom. The van der Waals surface area contributed by atoms with Gasteiger partial charge in [-0.05, 0) is 18.6 Å². The summed E-state index contributed by atoms with van der Waals surface area (Å²) >= 11 is 0. The molecule has 0 fully saturated rings. The van der Waals surface area contributed by atoms with Crippen molar-refractivity contribution in [3.8, 4) is 11.5 Å². The number of hydrogen-bond donors (Lipinski definition) is 2. The number of hydrogen-bond acceptors (Lipinski definition) is 3. The second kappa shape index (κ2) is 3.26. The van der Waals surface area contributed by atoms with Gasteiger partial charge in [0.05, 0.1) is 6.61 Å². The van der Waals surface area contributed by atoms with Crippen molar-refractivity contribution in [3.05, 3.63) is 23.8 Å². The fraction of sp³-hybridized carbons (Fsp3) is 0.400. The van der Waals surface area contributed by atoms with E-state index >= 15 is 0 Å². The Kier molecular flexibility index (Phi) is 2.10. The summed E-state index contributed by atoms with van der Waals surface area (Å²) in [6, 6.07) is 5.23. The van der Waals surface area contributed by atoms with Crippen molar-refractivity contribution >= 4 is 0 Å². The lowest BCUT2D eigenvalue weighted by atomic mass is 9.97. The Balaban J connectivity index is 2.32. The van der Waals surface area contributed by atoms with Crippen LogP contribution in [0.4, 0.5) is 0 Å². The van der Waals surface area contributed by atoms with E-state index in [-0.39, 0.29) is 18.3 Å². The predicted octanol–water partition coefficient (Wildman–Crippen LogP) is 0.936. The Hall–Kier alpha value is -1.22. The standard InChI is InChI=1S/C10H12O3/c11-5-7-4-8-9(12)2-1-3-10(8)13-6-7/h1-3,7,11-12H,4-6H2. The molecule has 1 unspecified atom stereocenters. The van der Waals surface area contributed by atoms with Crippen molar-refractivity contribution in [2.24, 2.45) is 5.92 Å². The molecule has 0 spiro atoms. The lowest BCUT2D eigenvalue weighted by molar-refractivity contribution is 0.145. The Bertz CT molecular complexity index is 309. The molecule has 1 heterocycles. The van der Waals surface area contributed by atoms with Crippen LogP contribution < -0.4 is 4.74 Å². The molecule has 1 aromatic rings. The lowest BCUT2D eigenvalue weighted by Crippen LogP contribution is -2.23. The Labute approximate surface area is 76.6 Å². The molecule has 1 aliphatic rings. The van der Waals surface area contributed by atoms with E-state index in [0.29, 0.717) is 13.0 Å². The molecule has 0 aromatic heterocycles. The van der Waals surface area contributed by atoms with Gasteiger partial charge in [-0.3, -0.25) is 0 Å². The van der Waals surface area contributed by atoms with Crippen LogP contribution in [0, 0.1) is 5.92 Å². The Morgan fingerprint density at radius 2 is 2.31 bits per heavy atom. The van der Waals surface area contributed by atoms with Crippen LogP contribution in [0.2, 0.25) is 0 Å². The van der Waals surface area contributed by atoms with Crippen LogP contribution in [-0.2, 0) is 6.42 Å². The molecule has 70 valence electrons. The first-order valence-electron chi connectivity index (χ1n) is 4.35. The average Bonchev–Trinajstić information content (AvgIpc) is 2.18. The number of aromatic hydroxyl groups is 1. The highest BCUT2D eigenvalue weighted by molar-refractivity contribution is 5.45. The number of fused-ring (bicyclic) bond motifs is 1. The monoisotopic (exact) mass is 180 g/mol. The normalized spacial score (nSPS) is 20.5. The van der Waals surface area contributed by atoms with Crippen molar-refractivity contribution < 1.29 is 14.9 Å². The lowest BCUT2D eigenvalue weighted by Gasteiger charge is -2.24. The quantitative estimate of drug-likeness (QED) is 0.676. The Morgan fingerprint density at radius 1 is 1.46 bits per heavy atom. The van der Waals surface area contributed by atoms with Gasteiger partial charge in [0.2, 0.25) is 0 Å². The summed E-state index contributed by atoms with van der Waals surface area (Å²) in [5.41, 5.74) is 0.813. The summed E-state index contributed by atoms with van der Waals surface area (Å²) in [6.07, 6.45) is 0.693. The molecular formula is C10H12O3. The summed E-state index contributed by atoms with van der Waals surface area (Å²) < 4.78 is 5.39. The van der Waals surface area contributed by atoms with Crippen LogP contribution in [0.1, 0.15) is 5.56 Å². The van der Waals surface area contributed by atoms with Crippen molar-refractivity contribution in [1.82, 2.24) is 0 Å². The third-order valence-electron chi connectivity index (χ3n) is 2.33. The second-order valence-corrected chi connectivity index (χ2v) is 3.32. The van der Waals surface area contributed by atoms with Crippen molar-refractivity contribution in [3.63, 3.8) is 0 Å². The maximum absolute atomic E-state index is 9.51. The molecule has 0 amide bonds. The SMILES string of the molecule is OCC1COc2cccc(O)c2C1. The van der Waals surface area contributed by atoms with Crippen LogP contribution >= 0.6 is 0 Å². The van der Waals surface area contributed by atoms with E-state index in [0.717, 1.165) is 11.3 Å². The molecule has 3 heteroatoms. The first-order valence-corrected chi connectivity index (χ1v) is 4.35. The first kappa shape index (κ1) is 8.38. The number of phenols is 1. The van der Waals surface area contributed by atoms with Gasteiger partial charge in [-0.2, -0.15) is 0 Å². The smallest absolute Gasteiger partial charge is 0.126 e. The van der Waals surface area contributed by atoms with Crippen molar-refractivity contribution in [2.75, 3.05) is 13.2 Å². The van der Waals surface area contributed by atoms with Crippen LogP contribution in [0.15, 0.2) is 18.2 Å². The van der Waals surface area contributed by atoms with Gasteiger partial charge >= 0.3 is 0 Å². The minimum Gasteiger partial charge on any atom is -0.508 e. The number of aliphatic hydroxyl groups is 1. The largest absolute Gasteiger partial charge is 0.508 e. The highest BCUT2D eigenvalue weighted by Gasteiger charge is 2.21. The van der Waals surface area contributed by atoms with Gasteiger partial charge in [-0.25, -0.2) is 0 Å². The fourth-order valence-electron chi connectivity index (χ4n) is 1.57. The van der Waals surface area contributed by atoms with Gasteiger partial charge in [0.25, 0.3) is 0 Å². The minimum atomic E-state index is 0.105. The van der Waals surface area contributed by atoms with E-state index in [1.807, 2.05) is 6.07 Å². The summed E-state index contributed by atoms with van der Waals surface area (Å²) in [6.45, 7) is 0.640. The molecule has 1 aromatic carbocycles. The fourth-order valence-corrected chi connectivity index (χ4v) is 1.57. The first-order chi connectivity index (χ1) is 6.31. The molecule has 2 N–H and O–H groups in total. The van der Waals surface area contributed by atoms with Gasteiger partial charge in [-0.1, -0.05) is 6.07 Å². The number of aliphatic hydroxyl groups excluding tert-OH is 1. The number of rotatable bonds is 1. The predicted molar refractivity (Wildman–Crippen MR) is 47.9 cm³/mol. The zero-order valence-corrected chi connectivity index (χ0v) is 7.23. The molecular weight excluding hydrogens is 168 g/mol. The second-order valence-electron chi connectivity index (χ2n) is 3.32. The third kappa shape index (κ3) is 1.47. The molecule has 2 rings (SSSR count). The topological polar surface area (TPSA) is 49.7 Å². The average molecular weight is 180 g/mol. The molecule has 0 aliphatic carbocycles. The highest BCUT2D eigenvalue weighted by atomic mass is 16.5. The molecule has 0 saturated carbocycles. The summed E-state index contributed by atoms with van der Waals surface area (Å²) in [5.74, 6) is 1.11. The summed E-state index contributed by atoms with van der Waals surface area (Å²) in [5, 5.41) is 18.5.